The van der Waals surface area contributed by atoms with Gasteiger partial charge in [0.1, 0.15) is 11.9 Å². The molecule has 0 N–H and O–H groups in total. The Labute approximate surface area is 202 Å². The summed E-state index contributed by atoms with van der Waals surface area (Å²) in [5, 5.41) is 14.9. The molecule has 4 aromatic rings. The molecule has 4 aromatic heterocycles. The predicted octanol–water partition coefficient (Wildman–Crippen LogP) is 3.23. The number of fused-ring (bicyclic) bond motifs is 1. The summed E-state index contributed by atoms with van der Waals surface area (Å²) in [5.74, 6) is 1.74. The number of carbonyl (C=O) groups excluding carboxylic acids is 1. The lowest BCUT2D eigenvalue weighted by Gasteiger charge is -2.35. The van der Waals surface area contributed by atoms with Gasteiger partial charge in [0.2, 0.25) is 0 Å². The molecule has 0 atom stereocenters. The number of nitrogens with zero attached hydrogens (tertiary/aromatic N) is 8. The van der Waals surface area contributed by atoms with E-state index in [0.29, 0.717) is 60.5 Å². The maximum absolute atomic E-state index is 13.8. The largest absolute Gasteiger partial charge is 0.352 e. The summed E-state index contributed by atoms with van der Waals surface area (Å²) in [6, 6.07) is 13.4. The van der Waals surface area contributed by atoms with Gasteiger partial charge in [-0.15, -0.1) is 0 Å². The quantitative estimate of drug-likeness (QED) is 0.457. The first kappa shape index (κ1) is 21.2. The van der Waals surface area contributed by atoms with Crippen molar-refractivity contribution in [3.63, 3.8) is 0 Å². The highest BCUT2D eigenvalue weighted by atomic mass is 16.2. The Kier molecular flexibility index (Phi) is 5.14. The summed E-state index contributed by atoms with van der Waals surface area (Å²) in [6.07, 6.45) is 5.61. The predicted molar refractivity (Wildman–Crippen MR) is 130 cm³/mol. The highest BCUT2D eigenvalue weighted by molar-refractivity contribution is 6.07. The van der Waals surface area contributed by atoms with Crippen molar-refractivity contribution in [2.24, 2.45) is 0 Å². The van der Waals surface area contributed by atoms with Crippen molar-refractivity contribution in [3.8, 4) is 11.9 Å². The number of aromatic nitrogens is 5. The Bertz CT molecular complexity index is 1460. The number of amides is 1. The maximum Gasteiger partial charge on any atom is 0.254 e. The van der Waals surface area contributed by atoms with Crippen molar-refractivity contribution in [1.82, 2.24) is 29.6 Å². The lowest BCUT2D eigenvalue weighted by Crippen LogP contribution is -2.49. The number of carbonyl (C=O) groups is 1. The Hall–Kier alpha value is -4.32. The van der Waals surface area contributed by atoms with Crippen LogP contribution in [-0.4, -0.2) is 61.7 Å². The second-order valence-electron chi connectivity index (χ2n) is 9.02. The first-order valence-electron chi connectivity index (χ1n) is 11.8. The molecule has 174 valence electrons. The van der Waals surface area contributed by atoms with Gasteiger partial charge in [-0.2, -0.15) is 15.0 Å². The number of aryl methyl sites for hydroxylation is 1. The van der Waals surface area contributed by atoms with Crippen LogP contribution >= 0.6 is 0 Å². The second kappa shape index (κ2) is 8.47. The normalized spacial score (nSPS) is 15.9. The Morgan fingerprint density at radius 2 is 1.86 bits per heavy atom. The van der Waals surface area contributed by atoms with Crippen LogP contribution in [0.5, 0.6) is 0 Å². The van der Waals surface area contributed by atoms with Gasteiger partial charge in [0, 0.05) is 50.2 Å². The monoisotopic (exact) mass is 464 g/mol. The highest BCUT2D eigenvalue weighted by Crippen LogP contribution is 2.41. The van der Waals surface area contributed by atoms with Crippen LogP contribution in [0.1, 0.15) is 46.1 Å². The summed E-state index contributed by atoms with van der Waals surface area (Å²) in [7, 11) is 0. The van der Waals surface area contributed by atoms with Gasteiger partial charge < -0.3 is 9.80 Å². The van der Waals surface area contributed by atoms with Gasteiger partial charge in [-0.05, 0) is 50.1 Å². The van der Waals surface area contributed by atoms with Gasteiger partial charge in [0.25, 0.3) is 5.91 Å². The molecule has 2 aliphatic rings. The zero-order valence-corrected chi connectivity index (χ0v) is 19.4. The van der Waals surface area contributed by atoms with E-state index in [4.69, 9.17) is 10.1 Å². The number of anilines is 1. The van der Waals surface area contributed by atoms with Crippen molar-refractivity contribution in [2.45, 2.75) is 25.7 Å². The molecule has 9 nitrogen and oxygen atoms in total. The molecule has 1 saturated carbocycles. The molecule has 9 heteroatoms. The Balaban J connectivity index is 1.34. The van der Waals surface area contributed by atoms with Gasteiger partial charge in [-0.25, -0.2) is 15.0 Å². The molecule has 2 fully saturated rings. The van der Waals surface area contributed by atoms with Crippen molar-refractivity contribution < 1.29 is 4.79 Å². The third-order valence-corrected chi connectivity index (χ3v) is 6.70. The zero-order chi connectivity index (χ0) is 23.9. The second-order valence-corrected chi connectivity index (χ2v) is 9.02. The summed E-state index contributed by atoms with van der Waals surface area (Å²) in [4.78, 5) is 31.6. The van der Waals surface area contributed by atoms with E-state index in [9.17, 15) is 10.1 Å². The number of hydrogen-bond donors (Lipinski definition) is 0. The molecule has 5 heterocycles. The third-order valence-electron chi connectivity index (χ3n) is 6.70. The molecular weight excluding hydrogens is 440 g/mol. The molecule has 1 amide bonds. The van der Waals surface area contributed by atoms with E-state index < -0.39 is 0 Å². The van der Waals surface area contributed by atoms with Crippen LogP contribution in [0.15, 0.2) is 48.8 Å². The first-order valence-corrected chi connectivity index (χ1v) is 11.8. The summed E-state index contributed by atoms with van der Waals surface area (Å²) in [5.41, 5.74) is 3.59. The van der Waals surface area contributed by atoms with Crippen molar-refractivity contribution in [2.75, 3.05) is 31.1 Å². The van der Waals surface area contributed by atoms with Crippen molar-refractivity contribution >= 4 is 22.8 Å². The summed E-state index contributed by atoms with van der Waals surface area (Å²) in [6.45, 7) is 4.26. The van der Waals surface area contributed by atoms with Crippen LogP contribution in [0.3, 0.4) is 0 Å². The van der Waals surface area contributed by atoms with E-state index in [-0.39, 0.29) is 5.91 Å². The molecule has 1 saturated heterocycles. The fourth-order valence-electron chi connectivity index (χ4n) is 4.73. The van der Waals surface area contributed by atoms with Gasteiger partial charge in [0.15, 0.2) is 11.5 Å². The van der Waals surface area contributed by atoms with Crippen LogP contribution in [0, 0.1) is 18.3 Å². The number of pyridine rings is 3. The fraction of sp³-hybridized carbons (Fsp3) is 0.308. The van der Waals surface area contributed by atoms with E-state index >= 15 is 0 Å². The lowest BCUT2D eigenvalue weighted by molar-refractivity contribution is 0.0748. The van der Waals surface area contributed by atoms with Crippen LogP contribution < -0.4 is 4.90 Å². The highest BCUT2D eigenvalue weighted by Gasteiger charge is 2.31. The molecule has 0 aromatic carbocycles. The molecule has 35 heavy (non-hydrogen) atoms. The number of rotatable bonds is 4. The average Bonchev–Trinajstić information content (AvgIpc) is 3.72. The minimum absolute atomic E-state index is 0.0100. The maximum atomic E-state index is 13.8. The topological polar surface area (TPSA) is 104 Å². The van der Waals surface area contributed by atoms with E-state index in [1.165, 1.54) is 0 Å². The lowest BCUT2D eigenvalue weighted by atomic mass is 10.1. The molecular formula is C26H24N8O. The molecule has 0 unspecified atom stereocenters. The SMILES string of the molecule is Cc1nn(-c2ccccn2)c2nc(C3CC3)cc(C(=O)N3CCN(c4ncccc4C#N)CC3)c12. The zero-order valence-electron chi connectivity index (χ0n) is 19.4. The van der Waals surface area contributed by atoms with Gasteiger partial charge >= 0.3 is 0 Å². The van der Waals surface area contributed by atoms with E-state index in [1.807, 2.05) is 36.1 Å². The van der Waals surface area contributed by atoms with Crippen LogP contribution in [-0.2, 0) is 0 Å². The number of piperazine rings is 1. The standard InChI is InChI=1S/C26H24N8O/c1-17-23-20(26(35)33-13-11-32(12-14-33)24-19(16-27)5-4-10-29-24)15-21(18-7-8-18)30-25(23)34(31-17)22-6-2-3-9-28-22/h2-6,9-10,15,18H,7-8,11-14H2,1H3. The smallest absolute Gasteiger partial charge is 0.254 e. The molecule has 1 aliphatic heterocycles. The summed E-state index contributed by atoms with van der Waals surface area (Å²) >= 11 is 0. The first-order chi connectivity index (χ1) is 17.1. The van der Waals surface area contributed by atoms with Crippen LogP contribution in [0.4, 0.5) is 5.82 Å². The Morgan fingerprint density at radius 3 is 2.57 bits per heavy atom. The minimum atomic E-state index is -0.0100. The van der Waals surface area contributed by atoms with E-state index in [0.717, 1.165) is 29.6 Å². The summed E-state index contributed by atoms with van der Waals surface area (Å²) < 4.78 is 1.75. The number of nitriles is 1. The average molecular weight is 465 g/mol. The molecule has 0 radical (unpaired) electrons. The fourth-order valence-corrected chi connectivity index (χ4v) is 4.73. The molecule has 0 spiro atoms. The van der Waals surface area contributed by atoms with E-state index in [2.05, 4.69) is 20.9 Å². The minimum Gasteiger partial charge on any atom is -0.352 e. The van der Waals surface area contributed by atoms with Gasteiger partial charge in [0.05, 0.1) is 22.2 Å². The van der Waals surface area contributed by atoms with Crippen molar-refractivity contribution in [3.05, 3.63) is 71.3 Å². The van der Waals surface area contributed by atoms with Crippen LogP contribution in [0.2, 0.25) is 0 Å². The third kappa shape index (κ3) is 3.77. The van der Waals surface area contributed by atoms with E-state index in [1.54, 1.807) is 29.2 Å². The Morgan fingerprint density at radius 1 is 1.06 bits per heavy atom. The van der Waals surface area contributed by atoms with Crippen LogP contribution in [0.25, 0.3) is 16.9 Å². The number of hydrogen-bond acceptors (Lipinski definition) is 7. The molecule has 0 bridgehead atoms. The van der Waals surface area contributed by atoms with Gasteiger partial charge in [-0.1, -0.05) is 6.07 Å². The van der Waals surface area contributed by atoms with Gasteiger partial charge in [-0.3, -0.25) is 4.79 Å². The van der Waals surface area contributed by atoms with Crippen molar-refractivity contribution in [1.29, 1.82) is 5.26 Å². The molecule has 1 aliphatic carbocycles. The molecule has 6 rings (SSSR count).